The minimum absolute atomic E-state index is 0.0185. The van der Waals surface area contributed by atoms with Crippen LogP contribution in [0.1, 0.15) is 102 Å². The zero-order chi connectivity index (χ0) is 32.7. The van der Waals surface area contributed by atoms with E-state index in [4.69, 9.17) is 9.47 Å². The van der Waals surface area contributed by atoms with Crippen molar-refractivity contribution in [1.29, 1.82) is 0 Å². The highest BCUT2D eigenvalue weighted by atomic mass is 19.2. The van der Waals surface area contributed by atoms with Gasteiger partial charge < -0.3 is 29.4 Å². The lowest BCUT2D eigenvalue weighted by atomic mass is 10.0. The number of carboxylic acids is 1. The summed E-state index contributed by atoms with van der Waals surface area (Å²) < 4.78 is 42.8. The number of ether oxygens (including phenoxy) is 2. The van der Waals surface area contributed by atoms with Crippen LogP contribution in [0.4, 0.5) is 18.4 Å². The standard InChI is InChI=1S/C32H39F2N3O7/c1-8-23-24(28(39)40)27(38)21-15-22(33)25(34)20(26(21)37(23)18-12-13-18)11-9-10-19-14-17(35-29(41)43-31(2,3)4)16-36(19)30(42)44-32(5,6)7/h15,17-19H,8,10,12-14,16H2,1-7H3,(H,35,41)(H,39,40)/t17-,19-/m1/s1. The molecular formula is C32H39F2N3O7. The molecule has 1 aliphatic heterocycles. The molecule has 1 aromatic heterocycles. The number of alkyl carbamates (subject to hydrolysis) is 1. The number of amides is 2. The lowest BCUT2D eigenvalue weighted by Crippen LogP contribution is -2.43. The largest absolute Gasteiger partial charge is 0.477 e. The third-order valence-electron chi connectivity index (χ3n) is 7.26. The lowest BCUT2D eigenvalue weighted by Gasteiger charge is -2.27. The van der Waals surface area contributed by atoms with Crippen molar-refractivity contribution in [2.75, 3.05) is 6.54 Å². The van der Waals surface area contributed by atoms with E-state index in [9.17, 15) is 28.7 Å². The predicted molar refractivity (Wildman–Crippen MR) is 159 cm³/mol. The van der Waals surface area contributed by atoms with E-state index in [1.807, 2.05) is 0 Å². The first-order valence-corrected chi connectivity index (χ1v) is 14.7. The van der Waals surface area contributed by atoms with Crippen LogP contribution in [0.5, 0.6) is 0 Å². The van der Waals surface area contributed by atoms with Gasteiger partial charge in [0.25, 0.3) is 0 Å². The summed E-state index contributed by atoms with van der Waals surface area (Å²) in [4.78, 5) is 52.2. The molecule has 0 radical (unpaired) electrons. The molecule has 2 atom stereocenters. The number of hydrogen-bond acceptors (Lipinski definition) is 6. The van der Waals surface area contributed by atoms with Crippen molar-refractivity contribution in [3.63, 3.8) is 0 Å². The van der Waals surface area contributed by atoms with Gasteiger partial charge in [0.2, 0.25) is 5.43 Å². The predicted octanol–water partition coefficient (Wildman–Crippen LogP) is 5.52. The fourth-order valence-corrected chi connectivity index (χ4v) is 5.47. The number of nitrogens with one attached hydrogen (secondary N) is 1. The van der Waals surface area contributed by atoms with Crippen molar-refractivity contribution in [3.05, 3.63) is 44.7 Å². The summed E-state index contributed by atoms with van der Waals surface area (Å²) in [5.74, 6) is 1.57. The summed E-state index contributed by atoms with van der Waals surface area (Å²) in [6.45, 7) is 12.2. The minimum atomic E-state index is -1.43. The molecule has 0 spiro atoms. The number of aromatic carboxylic acids is 1. The average molecular weight is 616 g/mol. The Balaban J connectivity index is 1.74. The van der Waals surface area contributed by atoms with Crippen molar-refractivity contribution in [1.82, 2.24) is 14.8 Å². The number of benzene rings is 1. The number of carbonyl (C=O) groups is 3. The number of aromatic nitrogens is 1. The molecule has 0 unspecified atom stereocenters. The molecule has 2 aliphatic rings. The number of pyridine rings is 1. The van der Waals surface area contributed by atoms with Crippen LogP contribution < -0.4 is 10.7 Å². The van der Waals surface area contributed by atoms with Gasteiger partial charge in [0, 0.05) is 30.7 Å². The van der Waals surface area contributed by atoms with Gasteiger partial charge in [-0.25, -0.2) is 23.2 Å². The van der Waals surface area contributed by atoms with Crippen LogP contribution in [0.2, 0.25) is 0 Å². The topological polar surface area (TPSA) is 127 Å². The van der Waals surface area contributed by atoms with Crippen LogP contribution in [0.3, 0.4) is 0 Å². The molecule has 2 heterocycles. The number of nitrogens with zero attached hydrogens (tertiary/aromatic N) is 2. The molecule has 2 N–H and O–H groups in total. The van der Waals surface area contributed by atoms with Crippen molar-refractivity contribution in [3.8, 4) is 11.8 Å². The van der Waals surface area contributed by atoms with Gasteiger partial charge >= 0.3 is 18.2 Å². The van der Waals surface area contributed by atoms with E-state index >= 15 is 4.39 Å². The van der Waals surface area contributed by atoms with Gasteiger partial charge in [-0.2, -0.15) is 0 Å². The van der Waals surface area contributed by atoms with E-state index in [2.05, 4.69) is 17.2 Å². The molecule has 1 aromatic carbocycles. The second-order valence-electron chi connectivity index (χ2n) is 13.2. The number of likely N-dealkylation sites (tertiary alicyclic amines) is 1. The fraction of sp³-hybridized carbons (Fsp3) is 0.562. The maximum absolute atomic E-state index is 15.4. The van der Waals surface area contributed by atoms with Gasteiger partial charge in [-0.15, -0.1) is 0 Å². The van der Waals surface area contributed by atoms with Crippen molar-refractivity contribution in [2.45, 2.75) is 110 Å². The van der Waals surface area contributed by atoms with E-state index in [1.165, 1.54) is 4.90 Å². The third-order valence-corrected chi connectivity index (χ3v) is 7.26. The van der Waals surface area contributed by atoms with Gasteiger partial charge in [-0.1, -0.05) is 18.8 Å². The first-order valence-electron chi connectivity index (χ1n) is 14.7. The molecule has 2 fully saturated rings. The van der Waals surface area contributed by atoms with Crippen molar-refractivity contribution in [2.24, 2.45) is 0 Å². The molecule has 44 heavy (non-hydrogen) atoms. The molecular weight excluding hydrogens is 576 g/mol. The van der Waals surface area contributed by atoms with E-state index in [0.717, 1.165) is 6.07 Å². The maximum Gasteiger partial charge on any atom is 0.410 e. The van der Waals surface area contributed by atoms with E-state index in [-0.39, 0.29) is 47.6 Å². The molecule has 4 rings (SSSR count). The van der Waals surface area contributed by atoms with Gasteiger partial charge in [0.05, 0.1) is 22.5 Å². The van der Waals surface area contributed by atoms with Crippen LogP contribution in [-0.2, 0) is 15.9 Å². The summed E-state index contributed by atoms with van der Waals surface area (Å²) in [7, 11) is 0. The SMILES string of the molecule is CCc1c(C(=O)O)c(=O)c2cc(F)c(F)c(C#CC[C@@H]3C[C@@H](NC(=O)OC(C)(C)C)CN3C(=O)OC(C)(C)C)c2n1C1CC1. The van der Waals surface area contributed by atoms with E-state index < -0.39 is 64.1 Å². The van der Waals surface area contributed by atoms with Gasteiger partial charge in [0.15, 0.2) is 11.6 Å². The molecule has 238 valence electrons. The Morgan fingerprint density at radius 2 is 1.73 bits per heavy atom. The molecule has 2 aromatic rings. The minimum Gasteiger partial charge on any atom is -0.477 e. The Bertz CT molecular complexity index is 1620. The van der Waals surface area contributed by atoms with E-state index in [1.54, 1.807) is 53.0 Å². The molecule has 0 bridgehead atoms. The number of halogens is 2. The number of hydrogen-bond donors (Lipinski definition) is 2. The summed E-state index contributed by atoms with van der Waals surface area (Å²) in [6.07, 6.45) is 0.630. The average Bonchev–Trinajstić information content (AvgIpc) is 3.64. The zero-order valence-electron chi connectivity index (χ0n) is 26.1. The van der Waals surface area contributed by atoms with Gasteiger partial charge in [-0.3, -0.25) is 4.79 Å². The van der Waals surface area contributed by atoms with Crippen molar-refractivity contribution < 1.29 is 37.7 Å². The van der Waals surface area contributed by atoms with Crippen LogP contribution >= 0.6 is 0 Å². The summed E-state index contributed by atoms with van der Waals surface area (Å²) in [6, 6.07) is -0.460. The van der Waals surface area contributed by atoms with Crippen LogP contribution in [-0.4, -0.2) is 62.6 Å². The van der Waals surface area contributed by atoms with Crippen LogP contribution in [0, 0.1) is 23.5 Å². The second kappa shape index (κ2) is 12.1. The number of rotatable bonds is 5. The Kier molecular flexibility index (Phi) is 9.01. The Morgan fingerprint density at radius 3 is 2.27 bits per heavy atom. The molecule has 2 amide bonds. The third kappa shape index (κ3) is 7.14. The van der Waals surface area contributed by atoms with E-state index in [0.29, 0.717) is 19.3 Å². The maximum atomic E-state index is 15.4. The molecule has 12 heteroatoms. The Labute approximate surface area is 254 Å². The number of carboxylic acid groups (broad SMARTS) is 1. The first-order chi connectivity index (χ1) is 20.4. The zero-order valence-corrected chi connectivity index (χ0v) is 26.1. The highest BCUT2D eigenvalue weighted by molar-refractivity contribution is 5.96. The van der Waals surface area contributed by atoms with Gasteiger partial charge in [0.1, 0.15) is 16.8 Å². The monoisotopic (exact) mass is 615 g/mol. The highest BCUT2D eigenvalue weighted by Crippen LogP contribution is 2.40. The summed E-state index contributed by atoms with van der Waals surface area (Å²) in [5.41, 5.74) is -2.92. The number of carbonyl (C=O) groups excluding carboxylic acids is 2. The summed E-state index contributed by atoms with van der Waals surface area (Å²) in [5, 5.41) is 12.3. The lowest BCUT2D eigenvalue weighted by molar-refractivity contribution is 0.0221. The fourth-order valence-electron chi connectivity index (χ4n) is 5.47. The Morgan fingerprint density at radius 1 is 1.09 bits per heavy atom. The molecule has 1 aliphatic carbocycles. The number of fused-ring (bicyclic) bond motifs is 1. The normalized spacial score (nSPS) is 18.5. The second-order valence-corrected chi connectivity index (χ2v) is 13.2. The van der Waals surface area contributed by atoms with Crippen LogP contribution in [0.15, 0.2) is 10.9 Å². The van der Waals surface area contributed by atoms with Crippen LogP contribution in [0.25, 0.3) is 10.9 Å². The first kappa shape index (κ1) is 32.8. The Hall–Kier alpha value is -4.14. The van der Waals surface area contributed by atoms with Crippen molar-refractivity contribution >= 4 is 29.1 Å². The van der Waals surface area contributed by atoms with Gasteiger partial charge in [-0.05, 0) is 73.3 Å². The highest BCUT2D eigenvalue weighted by Gasteiger charge is 2.38. The summed E-state index contributed by atoms with van der Waals surface area (Å²) >= 11 is 0. The molecule has 1 saturated heterocycles. The quantitative estimate of drug-likeness (QED) is 0.424. The smallest absolute Gasteiger partial charge is 0.410 e. The molecule has 1 saturated carbocycles. The molecule has 10 nitrogen and oxygen atoms in total.